The zero-order valence-corrected chi connectivity index (χ0v) is 19.8. The average molecular weight is 465 g/mol. The molecule has 0 aliphatic carbocycles. The molecule has 0 saturated carbocycles. The lowest BCUT2D eigenvalue weighted by Crippen LogP contribution is -2.15. The molecule has 0 aliphatic rings. The Morgan fingerprint density at radius 2 is 1.97 bits per heavy atom. The Bertz CT molecular complexity index is 1330. The summed E-state index contributed by atoms with van der Waals surface area (Å²) >= 11 is 2.99. The van der Waals surface area contributed by atoms with Gasteiger partial charge in [-0.1, -0.05) is 55.0 Å². The van der Waals surface area contributed by atoms with E-state index in [1.165, 1.54) is 33.7 Å². The molecule has 1 amide bonds. The van der Waals surface area contributed by atoms with Crippen LogP contribution < -0.4 is 10.9 Å². The molecule has 8 heteroatoms. The summed E-state index contributed by atoms with van der Waals surface area (Å²) in [5.41, 5.74) is 2.91. The fourth-order valence-corrected chi connectivity index (χ4v) is 5.26. The van der Waals surface area contributed by atoms with Gasteiger partial charge in [0.05, 0.1) is 11.4 Å². The molecule has 0 bridgehead atoms. The van der Waals surface area contributed by atoms with Crippen molar-refractivity contribution < 1.29 is 4.79 Å². The fraction of sp³-hybridized carbons (Fsp3) is 0.250. The summed E-state index contributed by atoms with van der Waals surface area (Å²) in [7, 11) is 0. The molecule has 0 atom stereocenters. The first-order chi connectivity index (χ1) is 15.4. The lowest BCUT2D eigenvalue weighted by Gasteiger charge is -2.11. The summed E-state index contributed by atoms with van der Waals surface area (Å²) in [4.78, 5) is 31.4. The van der Waals surface area contributed by atoms with Crippen LogP contribution in [0.4, 0.5) is 5.69 Å². The van der Waals surface area contributed by atoms with E-state index in [9.17, 15) is 9.59 Å². The van der Waals surface area contributed by atoms with Crippen LogP contribution in [0.5, 0.6) is 0 Å². The number of thioether (sulfide) groups is 1. The summed E-state index contributed by atoms with van der Waals surface area (Å²) < 4.78 is 1.38. The van der Waals surface area contributed by atoms with E-state index < -0.39 is 0 Å². The van der Waals surface area contributed by atoms with E-state index in [0.717, 1.165) is 27.6 Å². The largest absolute Gasteiger partial charge is 0.321 e. The second kappa shape index (κ2) is 9.67. The van der Waals surface area contributed by atoms with Crippen LogP contribution in [0.15, 0.2) is 64.3 Å². The molecule has 2 aromatic heterocycles. The summed E-state index contributed by atoms with van der Waals surface area (Å²) in [6.07, 6.45) is 0.825. The Morgan fingerprint density at radius 3 is 2.75 bits per heavy atom. The number of carbonyl (C=O) groups excluding carboxylic acids is 1. The average Bonchev–Trinajstić information content (AvgIpc) is 3.15. The maximum absolute atomic E-state index is 12.7. The van der Waals surface area contributed by atoms with Gasteiger partial charge in [0.25, 0.3) is 11.5 Å². The molecule has 0 aliphatic heterocycles. The van der Waals surface area contributed by atoms with Gasteiger partial charge in [-0.25, -0.2) is 4.98 Å². The van der Waals surface area contributed by atoms with Gasteiger partial charge in [0.2, 0.25) is 4.96 Å². The van der Waals surface area contributed by atoms with Crippen LogP contribution >= 0.6 is 23.1 Å². The Kier molecular flexibility index (Phi) is 6.72. The van der Waals surface area contributed by atoms with Crippen molar-refractivity contribution in [1.82, 2.24) is 14.6 Å². The monoisotopic (exact) mass is 464 g/mol. The van der Waals surface area contributed by atoms with E-state index in [1.807, 2.05) is 49.4 Å². The first-order valence-electron chi connectivity index (χ1n) is 10.4. The van der Waals surface area contributed by atoms with Crippen molar-refractivity contribution in [2.75, 3.05) is 5.32 Å². The molecule has 2 heterocycles. The minimum atomic E-state index is -0.169. The van der Waals surface area contributed by atoms with E-state index >= 15 is 0 Å². The van der Waals surface area contributed by atoms with Gasteiger partial charge < -0.3 is 5.32 Å². The van der Waals surface area contributed by atoms with Gasteiger partial charge in [0, 0.05) is 28.7 Å². The van der Waals surface area contributed by atoms with Crippen LogP contribution in [0.2, 0.25) is 0 Å². The highest BCUT2D eigenvalue weighted by atomic mass is 32.2. The predicted octanol–water partition coefficient (Wildman–Crippen LogP) is 5.20. The van der Waals surface area contributed by atoms with Crippen molar-refractivity contribution in [3.8, 4) is 0 Å². The number of aryl methyl sites for hydroxylation is 1. The van der Waals surface area contributed by atoms with E-state index in [1.54, 1.807) is 6.07 Å². The molecule has 4 rings (SSSR count). The summed E-state index contributed by atoms with van der Waals surface area (Å²) in [5.74, 6) is 0.829. The van der Waals surface area contributed by atoms with Gasteiger partial charge in [-0.3, -0.25) is 9.59 Å². The first-order valence-corrected chi connectivity index (χ1v) is 12.2. The third-order valence-electron chi connectivity index (χ3n) is 4.71. The van der Waals surface area contributed by atoms with Crippen LogP contribution in [0.3, 0.4) is 0 Å². The highest BCUT2D eigenvalue weighted by Gasteiger charge is 2.13. The number of hydrogen-bond donors (Lipinski definition) is 1. The summed E-state index contributed by atoms with van der Waals surface area (Å²) in [6.45, 7) is 6.21. The molecule has 0 radical (unpaired) electrons. The Labute approximate surface area is 194 Å². The molecule has 2 aromatic carbocycles. The van der Waals surface area contributed by atoms with Crippen molar-refractivity contribution in [3.05, 3.63) is 86.8 Å². The minimum absolute atomic E-state index is 0.151. The quantitative estimate of drug-likeness (QED) is 0.380. The number of para-hydroxylation sites is 1. The molecule has 164 valence electrons. The fourth-order valence-electron chi connectivity index (χ4n) is 3.23. The van der Waals surface area contributed by atoms with Crippen molar-refractivity contribution in [2.45, 2.75) is 37.8 Å². The third-order valence-corrected chi connectivity index (χ3v) is 6.75. The maximum atomic E-state index is 12.7. The molecule has 1 N–H and O–H groups in total. The molecular formula is C24H24N4O2S2. The number of rotatable bonds is 7. The number of hydrogen-bond acceptors (Lipinski definition) is 6. The first kappa shape index (κ1) is 22.2. The van der Waals surface area contributed by atoms with Gasteiger partial charge in [-0.05, 0) is 37.1 Å². The Hall–Kier alpha value is -2.97. The maximum Gasteiger partial charge on any atom is 0.275 e. The zero-order valence-electron chi connectivity index (χ0n) is 18.2. The minimum Gasteiger partial charge on any atom is -0.321 e. The number of carbonyl (C=O) groups is 1. The second-order valence-corrected chi connectivity index (χ2v) is 10.0. The van der Waals surface area contributed by atoms with Gasteiger partial charge in [0.15, 0.2) is 0 Å². The zero-order chi connectivity index (χ0) is 22.7. The summed E-state index contributed by atoms with van der Waals surface area (Å²) in [5, 5.41) is 8.31. The van der Waals surface area contributed by atoms with Crippen LogP contribution in [0.1, 0.15) is 40.5 Å². The van der Waals surface area contributed by atoms with Crippen LogP contribution in [0, 0.1) is 12.8 Å². The molecular weight excluding hydrogens is 440 g/mol. The number of fused-ring (bicyclic) bond motifs is 1. The highest BCUT2D eigenvalue weighted by Crippen LogP contribution is 2.30. The van der Waals surface area contributed by atoms with Gasteiger partial charge in [0.1, 0.15) is 5.01 Å². The van der Waals surface area contributed by atoms with Crippen LogP contribution in [-0.4, -0.2) is 20.5 Å². The Balaban J connectivity index is 1.51. The van der Waals surface area contributed by atoms with E-state index in [-0.39, 0.29) is 11.5 Å². The molecule has 4 aromatic rings. The number of amides is 1. The normalized spacial score (nSPS) is 11.2. The van der Waals surface area contributed by atoms with Crippen LogP contribution in [-0.2, 0) is 12.2 Å². The predicted molar refractivity (Wildman–Crippen MR) is 131 cm³/mol. The molecule has 0 fully saturated rings. The van der Waals surface area contributed by atoms with Crippen molar-refractivity contribution in [3.63, 3.8) is 0 Å². The number of aromatic nitrogens is 3. The lowest BCUT2D eigenvalue weighted by atomic mass is 10.1. The smallest absolute Gasteiger partial charge is 0.275 e. The topological polar surface area (TPSA) is 76.4 Å². The van der Waals surface area contributed by atoms with E-state index in [0.29, 0.717) is 27.9 Å². The molecule has 6 nitrogen and oxygen atoms in total. The molecule has 32 heavy (non-hydrogen) atoms. The number of nitrogens with one attached hydrogen (secondary N) is 1. The third kappa shape index (κ3) is 5.26. The van der Waals surface area contributed by atoms with Crippen LogP contribution in [0.25, 0.3) is 4.96 Å². The van der Waals surface area contributed by atoms with Crippen molar-refractivity contribution >= 4 is 39.7 Å². The van der Waals surface area contributed by atoms with Gasteiger partial charge in [-0.15, -0.1) is 11.8 Å². The van der Waals surface area contributed by atoms with Gasteiger partial charge >= 0.3 is 0 Å². The molecule has 0 unspecified atom stereocenters. The number of nitrogens with zero attached hydrogens (tertiary/aromatic N) is 3. The molecule has 0 saturated heterocycles. The second-order valence-electron chi connectivity index (χ2n) is 7.98. The highest BCUT2D eigenvalue weighted by molar-refractivity contribution is 7.98. The van der Waals surface area contributed by atoms with Crippen molar-refractivity contribution in [1.29, 1.82) is 0 Å². The van der Waals surface area contributed by atoms with Gasteiger partial charge in [-0.2, -0.15) is 9.61 Å². The number of benzene rings is 2. The Morgan fingerprint density at radius 1 is 1.16 bits per heavy atom. The van der Waals surface area contributed by atoms with E-state index in [4.69, 9.17) is 0 Å². The van der Waals surface area contributed by atoms with Crippen molar-refractivity contribution in [2.24, 2.45) is 5.92 Å². The van der Waals surface area contributed by atoms with E-state index in [2.05, 4.69) is 29.2 Å². The number of anilines is 1. The molecule has 0 spiro atoms. The SMILES string of the molecule is Cc1cccc(C(=O)Nc2ccccc2SCc2cc(=O)n3nc(CC(C)C)sc3n2)c1. The summed E-state index contributed by atoms with van der Waals surface area (Å²) in [6, 6.07) is 16.7. The lowest BCUT2D eigenvalue weighted by molar-refractivity contribution is 0.102. The standard InChI is InChI=1S/C24H24N4O2S2/c1-15(2)11-21-27-28-22(29)13-18(25-24(28)32-21)14-31-20-10-5-4-9-19(20)26-23(30)17-8-6-7-16(3)12-17/h4-10,12-13,15H,11,14H2,1-3H3,(H,26,30).